The molecule has 0 spiro atoms. The van der Waals surface area contributed by atoms with Crippen LogP contribution >= 0.6 is 0 Å². The number of benzene rings is 1. The van der Waals surface area contributed by atoms with E-state index in [0.717, 1.165) is 31.1 Å². The van der Waals surface area contributed by atoms with Gasteiger partial charge >= 0.3 is 0 Å². The zero-order valence-corrected chi connectivity index (χ0v) is 14.5. The largest absolute Gasteiger partial charge is 0.490 e. The molecule has 0 fully saturated rings. The Balaban J connectivity index is 2.71. The molecular weight excluding hydrogens is 262 g/mol. The molecular formula is C18H31NO2. The third kappa shape index (κ3) is 7.37. The molecule has 0 saturated carbocycles. The van der Waals surface area contributed by atoms with Gasteiger partial charge in [-0.3, -0.25) is 0 Å². The second-order valence-electron chi connectivity index (χ2n) is 6.85. The first-order valence-electron chi connectivity index (χ1n) is 7.95. The zero-order valence-electron chi connectivity index (χ0n) is 14.5. The highest BCUT2D eigenvalue weighted by Gasteiger charge is 2.11. The fourth-order valence-electron chi connectivity index (χ4n) is 1.82. The van der Waals surface area contributed by atoms with E-state index in [1.54, 1.807) is 0 Å². The Labute approximate surface area is 130 Å². The summed E-state index contributed by atoms with van der Waals surface area (Å²) >= 11 is 0. The predicted molar refractivity (Wildman–Crippen MR) is 89.2 cm³/mol. The number of ether oxygens (including phenoxy) is 2. The molecule has 120 valence electrons. The van der Waals surface area contributed by atoms with Crippen LogP contribution in [0.4, 0.5) is 0 Å². The van der Waals surface area contributed by atoms with Crippen molar-refractivity contribution in [1.29, 1.82) is 0 Å². The van der Waals surface area contributed by atoms with Crippen molar-refractivity contribution in [3.8, 4) is 11.5 Å². The van der Waals surface area contributed by atoms with Gasteiger partial charge in [-0.1, -0.05) is 19.9 Å². The number of hydrogen-bond donors (Lipinski definition) is 1. The lowest BCUT2D eigenvalue weighted by atomic mass is 10.1. The SMILES string of the molecule is CCOc1cc(CNC(C)(C)C)ccc1OCCC(C)C. The summed E-state index contributed by atoms with van der Waals surface area (Å²) < 4.78 is 11.6. The number of nitrogens with one attached hydrogen (secondary N) is 1. The summed E-state index contributed by atoms with van der Waals surface area (Å²) in [5.74, 6) is 2.34. The van der Waals surface area contributed by atoms with Crippen LogP contribution in [0, 0.1) is 5.92 Å². The smallest absolute Gasteiger partial charge is 0.161 e. The van der Waals surface area contributed by atoms with E-state index in [4.69, 9.17) is 9.47 Å². The van der Waals surface area contributed by atoms with Crippen LogP contribution in [-0.2, 0) is 6.54 Å². The van der Waals surface area contributed by atoms with Crippen molar-refractivity contribution in [2.24, 2.45) is 5.92 Å². The summed E-state index contributed by atoms with van der Waals surface area (Å²) in [5, 5.41) is 3.49. The average molecular weight is 293 g/mol. The lowest BCUT2D eigenvalue weighted by Crippen LogP contribution is -2.35. The molecule has 0 aliphatic heterocycles. The molecule has 1 aromatic carbocycles. The highest BCUT2D eigenvalue weighted by molar-refractivity contribution is 5.43. The first kappa shape index (κ1) is 17.8. The zero-order chi connectivity index (χ0) is 15.9. The second-order valence-corrected chi connectivity index (χ2v) is 6.85. The van der Waals surface area contributed by atoms with E-state index in [2.05, 4.69) is 52.1 Å². The van der Waals surface area contributed by atoms with Crippen LogP contribution in [0.25, 0.3) is 0 Å². The maximum atomic E-state index is 5.86. The standard InChI is InChI=1S/C18H31NO2/c1-7-20-17-12-15(13-19-18(4,5)6)8-9-16(17)21-11-10-14(2)3/h8-9,12,14,19H,7,10-11,13H2,1-6H3. The van der Waals surface area contributed by atoms with Gasteiger partial charge in [0.1, 0.15) is 0 Å². The Morgan fingerprint density at radius 3 is 2.38 bits per heavy atom. The molecule has 0 amide bonds. The molecule has 0 saturated heterocycles. The highest BCUT2D eigenvalue weighted by atomic mass is 16.5. The summed E-state index contributed by atoms with van der Waals surface area (Å²) in [6.07, 6.45) is 1.05. The molecule has 0 heterocycles. The first-order chi connectivity index (χ1) is 9.81. The van der Waals surface area contributed by atoms with Crippen LogP contribution in [0.3, 0.4) is 0 Å². The summed E-state index contributed by atoms with van der Waals surface area (Å²) in [5.41, 5.74) is 1.32. The minimum atomic E-state index is 0.109. The van der Waals surface area contributed by atoms with Crippen LogP contribution < -0.4 is 14.8 Å². The van der Waals surface area contributed by atoms with Crippen LogP contribution in [-0.4, -0.2) is 18.8 Å². The van der Waals surface area contributed by atoms with Gasteiger partial charge in [-0.15, -0.1) is 0 Å². The topological polar surface area (TPSA) is 30.5 Å². The molecule has 0 aromatic heterocycles. The van der Waals surface area contributed by atoms with Crippen molar-refractivity contribution in [1.82, 2.24) is 5.32 Å². The second kappa shape index (κ2) is 8.28. The fraction of sp³-hybridized carbons (Fsp3) is 0.667. The van der Waals surface area contributed by atoms with Crippen molar-refractivity contribution in [3.63, 3.8) is 0 Å². The minimum absolute atomic E-state index is 0.109. The van der Waals surface area contributed by atoms with E-state index in [0.29, 0.717) is 12.5 Å². The van der Waals surface area contributed by atoms with Gasteiger partial charge in [0, 0.05) is 12.1 Å². The van der Waals surface area contributed by atoms with Crippen LogP contribution in [0.5, 0.6) is 11.5 Å². The van der Waals surface area contributed by atoms with Crippen molar-refractivity contribution in [2.75, 3.05) is 13.2 Å². The quantitative estimate of drug-likeness (QED) is 0.770. The maximum absolute atomic E-state index is 5.86. The molecule has 0 unspecified atom stereocenters. The Hall–Kier alpha value is -1.22. The van der Waals surface area contributed by atoms with Crippen molar-refractivity contribution in [3.05, 3.63) is 23.8 Å². The van der Waals surface area contributed by atoms with Crippen LogP contribution in [0.2, 0.25) is 0 Å². The molecule has 3 nitrogen and oxygen atoms in total. The van der Waals surface area contributed by atoms with E-state index in [-0.39, 0.29) is 5.54 Å². The lowest BCUT2D eigenvalue weighted by Gasteiger charge is -2.21. The molecule has 21 heavy (non-hydrogen) atoms. The monoisotopic (exact) mass is 293 g/mol. The molecule has 1 N–H and O–H groups in total. The molecule has 0 aliphatic carbocycles. The van der Waals surface area contributed by atoms with Gasteiger partial charge in [0.05, 0.1) is 13.2 Å². The predicted octanol–water partition coefficient (Wildman–Crippen LogP) is 4.40. The Morgan fingerprint density at radius 1 is 1.10 bits per heavy atom. The van der Waals surface area contributed by atoms with E-state index < -0.39 is 0 Å². The van der Waals surface area contributed by atoms with Gasteiger partial charge in [0.15, 0.2) is 11.5 Å². The minimum Gasteiger partial charge on any atom is -0.490 e. The third-order valence-corrected chi connectivity index (χ3v) is 3.08. The van der Waals surface area contributed by atoms with Gasteiger partial charge in [-0.2, -0.15) is 0 Å². The molecule has 3 heteroatoms. The van der Waals surface area contributed by atoms with Gasteiger partial charge in [-0.05, 0) is 57.7 Å². The molecule has 1 aromatic rings. The van der Waals surface area contributed by atoms with Gasteiger partial charge in [0.2, 0.25) is 0 Å². The Bertz CT molecular complexity index is 422. The molecule has 0 bridgehead atoms. The van der Waals surface area contributed by atoms with Crippen molar-refractivity contribution in [2.45, 2.75) is 60.0 Å². The van der Waals surface area contributed by atoms with Crippen molar-refractivity contribution < 1.29 is 9.47 Å². The highest BCUT2D eigenvalue weighted by Crippen LogP contribution is 2.29. The van der Waals surface area contributed by atoms with Gasteiger partial charge in [0.25, 0.3) is 0 Å². The van der Waals surface area contributed by atoms with Crippen LogP contribution in [0.15, 0.2) is 18.2 Å². The van der Waals surface area contributed by atoms with E-state index in [1.165, 1.54) is 5.56 Å². The fourth-order valence-corrected chi connectivity index (χ4v) is 1.82. The summed E-state index contributed by atoms with van der Waals surface area (Å²) in [7, 11) is 0. The molecule has 0 aliphatic rings. The summed E-state index contributed by atoms with van der Waals surface area (Å²) in [6.45, 7) is 15.1. The average Bonchev–Trinajstić information content (AvgIpc) is 2.37. The van der Waals surface area contributed by atoms with Crippen molar-refractivity contribution >= 4 is 0 Å². The molecule has 0 atom stereocenters. The summed E-state index contributed by atoms with van der Waals surface area (Å²) in [4.78, 5) is 0. The van der Waals surface area contributed by atoms with Gasteiger partial charge < -0.3 is 14.8 Å². The maximum Gasteiger partial charge on any atom is 0.161 e. The Morgan fingerprint density at radius 2 is 1.81 bits per heavy atom. The Kier molecular flexibility index (Phi) is 7.03. The lowest BCUT2D eigenvalue weighted by molar-refractivity contribution is 0.261. The number of rotatable bonds is 8. The number of hydrogen-bond acceptors (Lipinski definition) is 3. The van der Waals surface area contributed by atoms with Crippen LogP contribution in [0.1, 0.15) is 53.5 Å². The van der Waals surface area contributed by atoms with E-state index in [9.17, 15) is 0 Å². The molecule has 1 rings (SSSR count). The molecule has 0 radical (unpaired) electrons. The third-order valence-electron chi connectivity index (χ3n) is 3.08. The van der Waals surface area contributed by atoms with E-state index in [1.807, 2.05) is 13.0 Å². The summed E-state index contributed by atoms with van der Waals surface area (Å²) in [6, 6.07) is 6.20. The van der Waals surface area contributed by atoms with Gasteiger partial charge in [-0.25, -0.2) is 0 Å². The first-order valence-corrected chi connectivity index (χ1v) is 7.95. The normalized spacial score (nSPS) is 11.8. The van der Waals surface area contributed by atoms with E-state index >= 15 is 0 Å².